The van der Waals surface area contributed by atoms with E-state index in [1.165, 1.54) is 5.69 Å². The Bertz CT molecular complexity index is 443. The van der Waals surface area contributed by atoms with E-state index >= 15 is 0 Å². The van der Waals surface area contributed by atoms with Crippen molar-refractivity contribution in [3.63, 3.8) is 0 Å². The second-order valence-corrected chi connectivity index (χ2v) is 3.76. The fraction of sp³-hybridized carbons (Fsp3) is 0.455. The van der Waals surface area contributed by atoms with Gasteiger partial charge in [-0.15, -0.1) is 0 Å². The number of aromatic nitrogens is 4. The van der Waals surface area contributed by atoms with Gasteiger partial charge in [-0.05, 0) is 13.1 Å². The first-order valence-electron chi connectivity index (χ1n) is 5.42. The van der Waals surface area contributed by atoms with Crippen molar-refractivity contribution in [1.82, 2.24) is 24.6 Å². The maximum Gasteiger partial charge on any atom is 0.122 e. The summed E-state index contributed by atoms with van der Waals surface area (Å²) in [4.78, 5) is 4.31. The molecule has 0 radical (unpaired) electrons. The standard InChI is InChI=1S/C11H17N5/c1-12-9-11-13-6-8-16(11)7-4-10-3-5-14-15(10)2/h3,5-6,8,12H,4,7,9H2,1-2H3. The Hall–Kier alpha value is -1.62. The van der Waals surface area contributed by atoms with Crippen LogP contribution in [0, 0.1) is 0 Å². The second-order valence-electron chi connectivity index (χ2n) is 3.76. The van der Waals surface area contributed by atoms with Crippen LogP contribution in [0.5, 0.6) is 0 Å². The van der Waals surface area contributed by atoms with E-state index in [9.17, 15) is 0 Å². The molecule has 0 fully saturated rings. The fourth-order valence-corrected chi connectivity index (χ4v) is 1.75. The molecule has 0 amide bonds. The van der Waals surface area contributed by atoms with Gasteiger partial charge in [0, 0.05) is 44.3 Å². The van der Waals surface area contributed by atoms with Crippen LogP contribution in [0.15, 0.2) is 24.7 Å². The molecule has 0 aromatic carbocycles. The molecule has 5 heteroatoms. The predicted octanol–water partition coefficient (Wildman–Crippen LogP) is 0.579. The molecule has 16 heavy (non-hydrogen) atoms. The van der Waals surface area contributed by atoms with Crippen molar-refractivity contribution in [1.29, 1.82) is 0 Å². The number of hydrogen-bond donors (Lipinski definition) is 1. The molecule has 2 heterocycles. The molecule has 0 atom stereocenters. The zero-order valence-corrected chi connectivity index (χ0v) is 9.72. The molecule has 5 nitrogen and oxygen atoms in total. The van der Waals surface area contributed by atoms with Crippen molar-refractivity contribution in [3.05, 3.63) is 36.2 Å². The lowest BCUT2D eigenvalue weighted by atomic mass is 10.3. The van der Waals surface area contributed by atoms with Crippen LogP contribution in [0.3, 0.4) is 0 Å². The van der Waals surface area contributed by atoms with Gasteiger partial charge in [-0.3, -0.25) is 4.68 Å². The zero-order chi connectivity index (χ0) is 11.4. The Morgan fingerprint density at radius 1 is 1.38 bits per heavy atom. The SMILES string of the molecule is CNCc1nccn1CCc1ccnn1C. The van der Waals surface area contributed by atoms with Gasteiger partial charge < -0.3 is 9.88 Å². The first-order valence-corrected chi connectivity index (χ1v) is 5.42. The Kier molecular flexibility index (Phi) is 3.36. The van der Waals surface area contributed by atoms with E-state index in [4.69, 9.17) is 0 Å². The quantitative estimate of drug-likeness (QED) is 0.800. The fourth-order valence-electron chi connectivity index (χ4n) is 1.75. The van der Waals surface area contributed by atoms with E-state index in [1.807, 2.05) is 37.4 Å². The monoisotopic (exact) mass is 219 g/mol. The third-order valence-electron chi connectivity index (χ3n) is 2.67. The van der Waals surface area contributed by atoms with Crippen molar-refractivity contribution in [2.45, 2.75) is 19.5 Å². The van der Waals surface area contributed by atoms with Gasteiger partial charge >= 0.3 is 0 Å². The maximum absolute atomic E-state index is 4.31. The molecule has 1 N–H and O–H groups in total. The summed E-state index contributed by atoms with van der Waals surface area (Å²) in [6, 6.07) is 2.05. The van der Waals surface area contributed by atoms with Crippen LogP contribution < -0.4 is 5.32 Å². The highest BCUT2D eigenvalue weighted by Gasteiger charge is 2.03. The highest BCUT2D eigenvalue weighted by Crippen LogP contribution is 2.03. The van der Waals surface area contributed by atoms with Crippen LogP contribution in [0.4, 0.5) is 0 Å². The third kappa shape index (κ3) is 2.30. The molecule has 0 saturated heterocycles. The number of imidazole rings is 1. The smallest absolute Gasteiger partial charge is 0.122 e. The summed E-state index contributed by atoms with van der Waals surface area (Å²) in [5.41, 5.74) is 1.24. The molecule has 0 aliphatic rings. The number of hydrogen-bond acceptors (Lipinski definition) is 3. The molecule has 0 spiro atoms. The Labute approximate surface area is 95.1 Å². The topological polar surface area (TPSA) is 47.7 Å². The van der Waals surface area contributed by atoms with Gasteiger partial charge in [0.15, 0.2) is 0 Å². The minimum atomic E-state index is 0.804. The van der Waals surface area contributed by atoms with E-state index in [-0.39, 0.29) is 0 Å². The summed E-state index contributed by atoms with van der Waals surface area (Å²) >= 11 is 0. The highest BCUT2D eigenvalue weighted by atomic mass is 15.3. The molecule has 2 rings (SSSR count). The van der Waals surface area contributed by atoms with E-state index < -0.39 is 0 Å². The summed E-state index contributed by atoms with van der Waals surface area (Å²) in [5.74, 6) is 1.07. The maximum atomic E-state index is 4.31. The number of nitrogens with zero attached hydrogens (tertiary/aromatic N) is 4. The number of rotatable bonds is 5. The predicted molar refractivity (Wildman–Crippen MR) is 61.9 cm³/mol. The minimum Gasteiger partial charge on any atom is -0.333 e. The van der Waals surface area contributed by atoms with Crippen LogP contribution in [-0.2, 0) is 26.6 Å². The summed E-state index contributed by atoms with van der Waals surface area (Å²) in [6.45, 7) is 1.74. The lowest BCUT2D eigenvalue weighted by Crippen LogP contribution is -2.13. The average Bonchev–Trinajstić information content (AvgIpc) is 2.86. The van der Waals surface area contributed by atoms with Crippen molar-refractivity contribution in [2.24, 2.45) is 7.05 Å². The summed E-state index contributed by atoms with van der Waals surface area (Å²) < 4.78 is 4.08. The molecule has 2 aromatic heterocycles. The van der Waals surface area contributed by atoms with Crippen molar-refractivity contribution in [2.75, 3.05) is 7.05 Å². The molecule has 2 aromatic rings. The first-order chi connectivity index (χ1) is 7.81. The van der Waals surface area contributed by atoms with Crippen LogP contribution in [-0.4, -0.2) is 26.4 Å². The zero-order valence-electron chi connectivity index (χ0n) is 9.72. The lowest BCUT2D eigenvalue weighted by Gasteiger charge is -2.07. The molecular formula is C11H17N5. The van der Waals surface area contributed by atoms with Gasteiger partial charge in [-0.1, -0.05) is 0 Å². The molecule has 0 aliphatic heterocycles. The van der Waals surface area contributed by atoms with Crippen LogP contribution >= 0.6 is 0 Å². The molecule has 0 bridgehead atoms. The van der Waals surface area contributed by atoms with Gasteiger partial charge in [0.1, 0.15) is 5.82 Å². The van der Waals surface area contributed by atoms with Gasteiger partial charge in [0.2, 0.25) is 0 Å². The lowest BCUT2D eigenvalue weighted by molar-refractivity contribution is 0.599. The molecular weight excluding hydrogens is 202 g/mol. The Morgan fingerprint density at radius 2 is 2.25 bits per heavy atom. The second kappa shape index (κ2) is 4.94. The van der Waals surface area contributed by atoms with Gasteiger partial charge in [0.25, 0.3) is 0 Å². The van der Waals surface area contributed by atoms with Crippen molar-refractivity contribution in [3.8, 4) is 0 Å². The molecule has 86 valence electrons. The Balaban J connectivity index is 1.99. The summed E-state index contributed by atoms with van der Waals surface area (Å²) in [5, 5.41) is 7.27. The largest absolute Gasteiger partial charge is 0.333 e. The first kappa shape index (κ1) is 10.9. The number of nitrogens with one attached hydrogen (secondary N) is 1. The Morgan fingerprint density at radius 3 is 2.94 bits per heavy atom. The van der Waals surface area contributed by atoms with Crippen LogP contribution in [0.2, 0.25) is 0 Å². The highest BCUT2D eigenvalue weighted by molar-refractivity contribution is 5.01. The molecule has 0 saturated carbocycles. The van der Waals surface area contributed by atoms with Crippen molar-refractivity contribution < 1.29 is 0 Å². The normalized spacial score (nSPS) is 10.9. The van der Waals surface area contributed by atoms with Gasteiger partial charge in [0.05, 0.1) is 6.54 Å². The van der Waals surface area contributed by atoms with E-state index in [1.54, 1.807) is 0 Å². The van der Waals surface area contributed by atoms with E-state index in [0.717, 1.165) is 25.3 Å². The number of aryl methyl sites for hydroxylation is 3. The minimum absolute atomic E-state index is 0.804. The molecule has 0 unspecified atom stereocenters. The average molecular weight is 219 g/mol. The van der Waals surface area contributed by atoms with Gasteiger partial charge in [-0.2, -0.15) is 5.10 Å². The third-order valence-corrected chi connectivity index (χ3v) is 2.67. The van der Waals surface area contributed by atoms with E-state index in [0.29, 0.717) is 0 Å². The summed E-state index contributed by atoms with van der Waals surface area (Å²) in [7, 11) is 3.90. The van der Waals surface area contributed by atoms with E-state index in [2.05, 4.69) is 26.0 Å². The van der Waals surface area contributed by atoms with Gasteiger partial charge in [-0.25, -0.2) is 4.98 Å². The van der Waals surface area contributed by atoms with Crippen LogP contribution in [0.1, 0.15) is 11.5 Å². The summed E-state index contributed by atoms with van der Waals surface area (Å²) in [6.07, 6.45) is 6.67. The molecule has 0 aliphatic carbocycles. The van der Waals surface area contributed by atoms with Crippen molar-refractivity contribution >= 4 is 0 Å². The van der Waals surface area contributed by atoms with Crippen LogP contribution in [0.25, 0.3) is 0 Å².